The molecule has 0 saturated carbocycles. The fraction of sp³-hybridized carbons (Fsp3) is 0.250. The van der Waals surface area contributed by atoms with E-state index in [0.29, 0.717) is 13.2 Å². The molecule has 1 aromatic rings. The molecule has 3 heteroatoms. The summed E-state index contributed by atoms with van der Waals surface area (Å²) in [5, 5.41) is 18.3. The zero-order valence-corrected chi connectivity index (χ0v) is 5.87. The van der Waals surface area contributed by atoms with Gasteiger partial charge in [-0.05, 0) is 11.6 Å². The van der Waals surface area contributed by atoms with Crippen LogP contribution in [0.5, 0.6) is 11.5 Å². The number of ether oxygens (including phenoxy) is 1. The smallest absolute Gasteiger partial charge is 0.125 e. The summed E-state index contributed by atoms with van der Waals surface area (Å²) in [7, 11) is 0. The van der Waals surface area contributed by atoms with Crippen LogP contribution in [0.25, 0.3) is 0 Å². The molecule has 1 aromatic carbocycles. The van der Waals surface area contributed by atoms with Gasteiger partial charge in [-0.25, -0.2) is 0 Å². The Kier molecular flexibility index (Phi) is 1.26. The van der Waals surface area contributed by atoms with Crippen molar-refractivity contribution in [1.82, 2.24) is 0 Å². The van der Waals surface area contributed by atoms with Crippen molar-refractivity contribution in [3.8, 4) is 11.5 Å². The summed E-state index contributed by atoms with van der Waals surface area (Å²) in [6.45, 7) is 0.929. The summed E-state index contributed by atoms with van der Waals surface area (Å²) >= 11 is 0. The SMILES string of the molecule is Oc1cc(O)c2c(c1)COC2. The largest absolute Gasteiger partial charge is 0.508 e. The molecule has 2 N–H and O–H groups in total. The van der Waals surface area contributed by atoms with Crippen LogP contribution < -0.4 is 0 Å². The molecule has 11 heavy (non-hydrogen) atoms. The van der Waals surface area contributed by atoms with Gasteiger partial charge < -0.3 is 14.9 Å². The van der Waals surface area contributed by atoms with E-state index >= 15 is 0 Å². The van der Waals surface area contributed by atoms with E-state index < -0.39 is 0 Å². The van der Waals surface area contributed by atoms with Gasteiger partial charge >= 0.3 is 0 Å². The molecule has 0 aliphatic carbocycles. The van der Waals surface area contributed by atoms with Gasteiger partial charge in [0.15, 0.2) is 0 Å². The van der Waals surface area contributed by atoms with Crippen molar-refractivity contribution in [2.45, 2.75) is 13.2 Å². The van der Waals surface area contributed by atoms with Crippen LogP contribution >= 0.6 is 0 Å². The van der Waals surface area contributed by atoms with Crippen molar-refractivity contribution in [3.63, 3.8) is 0 Å². The van der Waals surface area contributed by atoms with Crippen molar-refractivity contribution >= 4 is 0 Å². The van der Waals surface area contributed by atoms with Gasteiger partial charge in [0.1, 0.15) is 11.5 Å². The van der Waals surface area contributed by atoms with Gasteiger partial charge in [0, 0.05) is 11.6 Å². The third-order valence-electron chi connectivity index (χ3n) is 1.81. The Hall–Kier alpha value is -1.22. The molecule has 1 aliphatic rings. The molecule has 0 amide bonds. The molecule has 0 saturated heterocycles. The first-order valence-corrected chi connectivity index (χ1v) is 3.39. The monoisotopic (exact) mass is 152 g/mol. The van der Waals surface area contributed by atoms with Crippen LogP contribution in [0, 0.1) is 0 Å². The first-order valence-electron chi connectivity index (χ1n) is 3.39. The Balaban J connectivity index is 2.60. The van der Waals surface area contributed by atoms with Gasteiger partial charge in [-0.1, -0.05) is 0 Å². The van der Waals surface area contributed by atoms with Crippen molar-refractivity contribution in [1.29, 1.82) is 0 Å². The minimum absolute atomic E-state index is 0.0896. The Morgan fingerprint density at radius 2 is 2.00 bits per heavy atom. The van der Waals surface area contributed by atoms with Gasteiger partial charge in [0.05, 0.1) is 13.2 Å². The lowest BCUT2D eigenvalue weighted by molar-refractivity contribution is 0.133. The Morgan fingerprint density at radius 1 is 1.18 bits per heavy atom. The highest BCUT2D eigenvalue weighted by Gasteiger charge is 2.15. The third kappa shape index (κ3) is 0.935. The lowest BCUT2D eigenvalue weighted by Crippen LogP contribution is -1.81. The molecule has 0 atom stereocenters. The molecule has 0 aromatic heterocycles. The van der Waals surface area contributed by atoms with E-state index in [4.69, 9.17) is 9.84 Å². The van der Waals surface area contributed by atoms with Gasteiger partial charge in [0.2, 0.25) is 0 Å². The molecule has 0 bridgehead atoms. The molecule has 2 rings (SSSR count). The maximum Gasteiger partial charge on any atom is 0.125 e. The normalized spacial score (nSPS) is 14.9. The average molecular weight is 152 g/mol. The molecule has 0 unspecified atom stereocenters. The zero-order chi connectivity index (χ0) is 7.84. The van der Waals surface area contributed by atoms with E-state index in [1.807, 2.05) is 0 Å². The number of benzene rings is 1. The molecule has 0 fully saturated rings. The van der Waals surface area contributed by atoms with Crippen LogP contribution in [0.4, 0.5) is 0 Å². The molecule has 58 valence electrons. The molecule has 1 aliphatic heterocycles. The average Bonchev–Trinajstić information content (AvgIpc) is 2.34. The van der Waals surface area contributed by atoms with E-state index in [-0.39, 0.29) is 11.5 Å². The van der Waals surface area contributed by atoms with Gasteiger partial charge in [0.25, 0.3) is 0 Å². The van der Waals surface area contributed by atoms with Crippen LogP contribution in [0.3, 0.4) is 0 Å². The second-order valence-corrected chi connectivity index (χ2v) is 2.60. The lowest BCUT2D eigenvalue weighted by Gasteiger charge is -2.00. The number of phenolic OH excluding ortho intramolecular Hbond substituents is 2. The minimum Gasteiger partial charge on any atom is -0.508 e. The first kappa shape index (κ1) is 6.49. The van der Waals surface area contributed by atoms with Crippen molar-refractivity contribution in [2.75, 3.05) is 0 Å². The predicted octanol–water partition coefficient (Wildman–Crippen LogP) is 1.13. The molecule has 1 heterocycles. The second kappa shape index (κ2) is 2.13. The minimum atomic E-state index is 0.0896. The highest BCUT2D eigenvalue weighted by molar-refractivity contribution is 5.45. The molecule has 3 nitrogen and oxygen atoms in total. The number of hydrogen-bond acceptors (Lipinski definition) is 3. The van der Waals surface area contributed by atoms with E-state index in [1.165, 1.54) is 6.07 Å². The lowest BCUT2D eigenvalue weighted by atomic mass is 10.1. The van der Waals surface area contributed by atoms with Crippen LogP contribution in [0.1, 0.15) is 11.1 Å². The summed E-state index contributed by atoms with van der Waals surface area (Å²) < 4.78 is 5.08. The van der Waals surface area contributed by atoms with E-state index in [0.717, 1.165) is 11.1 Å². The second-order valence-electron chi connectivity index (χ2n) is 2.60. The number of rotatable bonds is 0. The number of aromatic hydroxyl groups is 2. The van der Waals surface area contributed by atoms with Crippen molar-refractivity contribution in [3.05, 3.63) is 23.3 Å². The predicted molar refractivity (Wildman–Crippen MR) is 38.3 cm³/mol. The molecule has 0 radical (unpaired) electrons. The number of fused-ring (bicyclic) bond motifs is 1. The Bertz CT molecular complexity index is 294. The van der Waals surface area contributed by atoms with E-state index in [9.17, 15) is 5.11 Å². The fourth-order valence-corrected chi connectivity index (χ4v) is 1.26. The Labute approximate surface area is 63.9 Å². The maximum absolute atomic E-state index is 9.27. The zero-order valence-electron chi connectivity index (χ0n) is 5.87. The number of phenols is 2. The molecule has 0 spiro atoms. The molecular formula is C8H8O3. The summed E-state index contributed by atoms with van der Waals surface area (Å²) in [6, 6.07) is 2.94. The molecular weight excluding hydrogens is 144 g/mol. The van der Waals surface area contributed by atoms with Crippen LogP contribution in [0.2, 0.25) is 0 Å². The quantitative estimate of drug-likeness (QED) is 0.585. The topological polar surface area (TPSA) is 49.7 Å². The van der Waals surface area contributed by atoms with E-state index in [2.05, 4.69) is 0 Å². The van der Waals surface area contributed by atoms with Crippen molar-refractivity contribution < 1.29 is 14.9 Å². The summed E-state index contributed by atoms with van der Waals surface area (Å²) in [4.78, 5) is 0. The van der Waals surface area contributed by atoms with Crippen LogP contribution in [-0.4, -0.2) is 10.2 Å². The van der Waals surface area contributed by atoms with Gasteiger partial charge in [-0.15, -0.1) is 0 Å². The summed E-state index contributed by atoms with van der Waals surface area (Å²) in [6.07, 6.45) is 0. The third-order valence-corrected chi connectivity index (χ3v) is 1.81. The highest BCUT2D eigenvalue weighted by atomic mass is 16.5. The summed E-state index contributed by atoms with van der Waals surface area (Å²) in [5.41, 5.74) is 1.67. The van der Waals surface area contributed by atoms with Gasteiger partial charge in [-0.3, -0.25) is 0 Å². The van der Waals surface area contributed by atoms with Crippen LogP contribution in [0.15, 0.2) is 12.1 Å². The van der Waals surface area contributed by atoms with Crippen LogP contribution in [-0.2, 0) is 18.0 Å². The van der Waals surface area contributed by atoms with Gasteiger partial charge in [-0.2, -0.15) is 0 Å². The van der Waals surface area contributed by atoms with Crippen molar-refractivity contribution in [2.24, 2.45) is 0 Å². The fourth-order valence-electron chi connectivity index (χ4n) is 1.26. The standard InChI is InChI=1S/C8H8O3/c9-6-1-5-3-11-4-7(5)8(10)2-6/h1-2,9-10H,3-4H2. The first-order chi connectivity index (χ1) is 5.27. The Morgan fingerprint density at radius 3 is 2.82 bits per heavy atom. The number of hydrogen-bond donors (Lipinski definition) is 2. The summed E-state index contributed by atoms with van der Waals surface area (Å²) in [5.74, 6) is 0.212. The highest BCUT2D eigenvalue weighted by Crippen LogP contribution is 2.31. The van der Waals surface area contributed by atoms with E-state index in [1.54, 1.807) is 6.07 Å². The maximum atomic E-state index is 9.27.